The van der Waals surface area contributed by atoms with E-state index in [9.17, 15) is 9.59 Å². The van der Waals surface area contributed by atoms with Gasteiger partial charge in [-0.2, -0.15) is 0 Å². The Hall–Kier alpha value is -2.70. The van der Waals surface area contributed by atoms with E-state index in [0.29, 0.717) is 19.5 Å². The topological polar surface area (TPSA) is 96.2 Å². The highest BCUT2D eigenvalue weighted by Gasteiger charge is 2.20. The molecule has 0 saturated heterocycles. The predicted molar refractivity (Wildman–Crippen MR) is 118 cm³/mol. The van der Waals surface area contributed by atoms with Crippen molar-refractivity contribution in [3.63, 3.8) is 0 Å². The van der Waals surface area contributed by atoms with Crippen LogP contribution in [0.3, 0.4) is 0 Å². The molecule has 0 aromatic heterocycles. The van der Waals surface area contributed by atoms with Gasteiger partial charge >= 0.3 is 0 Å². The van der Waals surface area contributed by atoms with Crippen LogP contribution >= 0.6 is 0 Å². The fourth-order valence-corrected chi connectivity index (χ4v) is 2.99. The highest BCUT2D eigenvalue weighted by molar-refractivity contribution is 5.97. The molecule has 2 aromatic rings. The molecule has 29 heavy (non-hydrogen) atoms. The maximum absolute atomic E-state index is 12.7. The molecule has 0 unspecified atom stereocenters. The van der Waals surface area contributed by atoms with Gasteiger partial charge in [0.1, 0.15) is 6.04 Å². The Kier molecular flexibility index (Phi) is 9.34. The van der Waals surface area contributed by atoms with E-state index in [1.807, 2.05) is 62.4 Å². The average Bonchev–Trinajstić information content (AvgIpc) is 2.70. The summed E-state index contributed by atoms with van der Waals surface area (Å²) in [4.78, 5) is 25.1. The number of unbranched alkanes of at least 4 members (excludes halogenated alkanes) is 1. The van der Waals surface area contributed by atoms with E-state index in [4.69, 9.17) is 5.73 Å². The molecule has 2 aromatic carbocycles. The van der Waals surface area contributed by atoms with Crippen molar-refractivity contribution in [2.24, 2.45) is 5.73 Å². The number of benzene rings is 2. The molecule has 6 nitrogen and oxygen atoms in total. The maximum Gasteiger partial charge on any atom is 0.246 e. The number of aryl methyl sites for hydroxylation is 2. The fourth-order valence-electron chi connectivity index (χ4n) is 2.99. The molecule has 2 amide bonds. The van der Waals surface area contributed by atoms with Gasteiger partial charge in [0.05, 0.1) is 6.54 Å². The lowest BCUT2D eigenvalue weighted by atomic mass is 10.1. The van der Waals surface area contributed by atoms with E-state index >= 15 is 0 Å². The number of nitrogens with two attached hydrogens (primary N) is 1. The Balaban J connectivity index is 1.88. The number of amides is 2. The van der Waals surface area contributed by atoms with Crippen LogP contribution in [-0.4, -0.2) is 30.9 Å². The van der Waals surface area contributed by atoms with Crippen molar-refractivity contribution in [2.45, 2.75) is 45.7 Å². The summed E-state index contributed by atoms with van der Waals surface area (Å²) in [6, 6.07) is 15.0. The van der Waals surface area contributed by atoms with Crippen molar-refractivity contribution in [1.29, 1.82) is 0 Å². The van der Waals surface area contributed by atoms with Crippen LogP contribution < -0.4 is 21.7 Å². The van der Waals surface area contributed by atoms with E-state index in [2.05, 4.69) is 16.0 Å². The molecular weight excluding hydrogens is 364 g/mol. The third-order valence-electron chi connectivity index (χ3n) is 4.78. The van der Waals surface area contributed by atoms with E-state index in [1.54, 1.807) is 0 Å². The highest BCUT2D eigenvalue weighted by Crippen LogP contribution is 2.11. The molecule has 156 valence electrons. The molecule has 1 atom stereocenters. The van der Waals surface area contributed by atoms with E-state index in [0.717, 1.165) is 29.7 Å². The Morgan fingerprint density at radius 1 is 1.00 bits per heavy atom. The van der Waals surface area contributed by atoms with Gasteiger partial charge in [0, 0.05) is 12.2 Å². The van der Waals surface area contributed by atoms with Crippen LogP contribution in [0.4, 0.5) is 5.69 Å². The Morgan fingerprint density at radius 2 is 1.72 bits per heavy atom. The standard InChI is InChI=1S/C23H32N4O2/c1-17-10-12-20(13-11-17)26-23(29)21(9-5-6-14-24)27-22(28)16-25-15-19-8-4-3-7-18(19)2/h3-4,7-8,10-13,21,25H,5-6,9,14-16,24H2,1-2H3,(H,26,29)(H,27,28)/t21-/m0/s1. The summed E-state index contributed by atoms with van der Waals surface area (Å²) < 4.78 is 0. The zero-order chi connectivity index (χ0) is 21.1. The second kappa shape index (κ2) is 12.0. The third kappa shape index (κ3) is 8.05. The Labute approximate surface area is 173 Å². The molecule has 0 aliphatic heterocycles. The average molecular weight is 397 g/mol. The molecule has 6 heteroatoms. The fraction of sp³-hybridized carbons (Fsp3) is 0.391. The number of carbonyl (C=O) groups is 2. The SMILES string of the molecule is Cc1ccc(NC(=O)[C@H](CCCCN)NC(=O)CNCc2ccccc2C)cc1. The summed E-state index contributed by atoms with van der Waals surface area (Å²) in [6.45, 7) is 5.36. The maximum atomic E-state index is 12.7. The van der Waals surface area contributed by atoms with Gasteiger partial charge in [-0.3, -0.25) is 9.59 Å². The van der Waals surface area contributed by atoms with Crippen LogP contribution in [0.5, 0.6) is 0 Å². The van der Waals surface area contributed by atoms with Gasteiger partial charge < -0.3 is 21.7 Å². The minimum absolute atomic E-state index is 0.152. The van der Waals surface area contributed by atoms with Gasteiger partial charge in [-0.15, -0.1) is 0 Å². The molecule has 0 heterocycles. The van der Waals surface area contributed by atoms with Gasteiger partial charge in [-0.25, -0.2) is 0 Å². The number of hydrogen-bond acceptors (Lipinski definition) is 4. The number of anilines is 1. The molecule has 2 rings (SSSR count). The van der Waals surface area contributed by atoms with Crippen molar-refractivity contribution in [3.8, 4) is 0 Å². The quantitative estimate of drug-likeness (QED) is 0.439. The van der Waals surface area contributed by atoms with E-state index in [1.165, 1.54) is 5.56 Å². The van der Waals surface area contributed by atoms with Crippen molar-refractivity contribution < 1.29 is 9.59 Å². The number of nitrogens with one attached hydrogen (secondary N) is 3. The van der Waals surface area contributed by atoms with E-state index in [-0.39, 0.29) is 18.4 Å². The number of rotatable bonds is 11. The molecular formula is C23H32N4O2. The number of carbonyl (C=O) groups excluding carboxylic acids is 2. The monoisotopic (exact) mass is 396 g/mol. The summed E-state index contributed by atoms with van der Waals surface area (Å²) in [5.41, 5.74) is 9.73. The highest BCUT2D eigenvalue weighted by atomic mass is 16.2. The molecule has 0 spiro atoms. The Morgan fingerprint density at radius 3 is 2.41 bits per heavy atom. The molecule has 0 saturated carbocycles. The summed E-state index contributed by atoms with van der Waals surface area (Å²) >= 11 is 0. The normalized spacial score (nSPS) is 11.7. The third-order valence-corrected chi connectivity index (χ3v) is 4.78. The summed E-state index contributed by atoms with van der Waals surface area (Å²) in [7, 11) is 0. The first-order valence-corrected chi connectivity index (χ1v) is 10.1. The van der Waals surface area contributed by atoms with Crippen LogP contribution in [0.2, 0.25) is 0 Å². The second-order valence-corrected chi connectivity index (χ2v) is 7.29. The molecule has 0 aliphatic carbocycles. The second-order valence-electron chi connectivity index (χ2n) is 7.29. The van der Waals surface area contributed by atoms with Gasteiger partial charge in [0.2, 0.25) is 11.8 Å². The van der Waals surface area contributed by atoms with Gasteiger partial charge in [-0.1, -0.05) is 42.0 Å². The summed E-state index contributed by atoms with van der Waals surface area (Å²) in [5, 5.41) is 8.89. The van der Waals surface area contributed by atoms with Crippen molar-refractivity contribution >= 4 is 17.5 Å². The molecule has 0 aliphatic rings. The lowest BCUT2D eigenvalue weighted by Crippen LogP contribution is -2.46. The number of hydrogen-bond donors (Lipinski definition) is 4. The van der Waals surface area contributed by atoms with Crippen LogP contribution in [0.1, 0.15) is 36.0 Å². The molecule has 0 bridgehead atoms. The van der Waals surface area contributed by atoms with Gasteiger partial charge in [0.15, 0.2) is 0 Å². The summed E-state index contributed by atoms with van der Waals surface area (Å²) in [5.74, 6) is -0.409. The Bertz CT molecular complexity index is 790. The lowest BCUT2D eigenvalue weighted by molar-refractivity contribution is -0.126. The van der Waals surface area contributed by atoms with Gasteiger partial charge in [-0.05, 0) is 62.9 Å². The predicted octanol–water partition coefficient (Wildman–Crippen LogP) is 2.65. The molecule has 0 fully saturated rings. The zero-order valence-corrected chi connectivity index (χ0v) is 17.3. The zero-order valence-electron chi connectivity index (χ0n) is 17.3. The first-order chi connectivity index (χ1) is 14.0. The largest absolute Gasteiger partial charge is 0.343 e. The minimum Gasteiger partial charge on any atom is -0.343 e. The van der Waals surface area contributed by atoms with Crippen molar-refractivity contribution in [3.05, 3.63) is 65.2 Å². The van der Waals surface area contributed by atoms with Crippen molar-refractivity contribution in [1.82, 2.24) is 10.6 Å². The minimum atomic E-state index is -0.587. The lowest BCUT2D eigenvalue weighted by Gasteiger charge is -2.19. The first-order valence-electron chi connectivity index (χ1n) is 10.1. The van der Waals surface area contributed by atoms with Crippen LogP contribution in [-0.2, 0) is 16.1 Å². The van der Waals surface area contributed by atoms with Crippen LogP contribution in [0.25, 0.3) is 0 Å². The van der Waals surface area contributed by atoms with Crippen LogP contribution in [0, 0.1) is 13.8 Å². The molecule has 0 radical (unpaired) electrons. The van der Waals surface area contributed by atoms with Crippen molar-refractivity contribution in [2.75, 3.05) is 18.4 Å². The molecule has 5 N–H and O–H groups in total. The smallest absolute Gasteiger partial charge is 0.246 e. The summed E-state index contributed by atoms with van der Waals surface area (Å²) in [6.07, 6.45) is 2.15. The van der Waals surface area contributed by atoms with Crippen LogP contribution in [0.15, 0.2) is 48.5 Å². The first kappa shape index (κ1) is 22.6. The van der Waals surface area contributed by atoms with E-state index < -0.39 is 6.04 Å². The van der Waals surface area contributed by atoms with Gasteiger partial charge in [0.25, 0.3) is 0 Å².